The molecule has 1 N–H and O–H groups in total. The average molecular weight is 341 g/mol. The molecule has 0 aromatic heterocycles. The van der Waals surface area contributed by atoms with Crippen molar-refractivity contribution in [3.8, 4) is 0 Å². The van der Waals surface area contributed by atoms with Gasteiger partial charge in [-0.15, -0.1) is 0 Å². The molecule has 2 nitrogen and oxygen atoms in total. The van der Waals surface area contributed by atoms with Gasteiger partial charge in [0.25, 0.3) is 0 Å². The van der Waals surface area contributed by atoms with Gasteiger partial charge in [-0.05, 0) is 54.1 Å². The molecule has 0 radical (unpaired) electrons. The Morgan fingerprint density at radius 1 is 0.957 bits per heavy atom. The lowest BCUT2D eigenvalue weighted by molar-refractivity contribution is 0.0415. The van der Waals surface area contributed by atoms with Crippen LogP contribution in [-0.4, -0.2) is 25.6 Å². The van der Waals surface area contributed by atoms with Crippen molar-refractivity contribution in [3.05, 3.63) is 0 Å². The van der Waals surface area contributed by atoms with Crippen molar-refractivity contribution < 1.29 is 9.53 Å². The van der Waals surface area contributed by atoms with Gasteiger partial charge >= 0.3 is 0 Å². The monoisotopic (exact) mass is 340 g/mol. The zero-order chi connectivity index (χ0) is 17.3. The van der Waals surface area contributed by atoms with Crippen molar-refractivity contribution in [2.75, 3.05) is 6.61 Å². The van der Waals surface area contributed by atoms with Crippen molar-refractivity contribution in [1.82, 2.24) is 0 Å². The van der Waals surface area contributed by atoms with Gasteiger partial charge in [0.05, 0.1) is 5.60 Å². The molecular weight excluding hydrogens is 300 g/mol. The summed E-state index contributed by atoms with van der Waals surface area (Å²) in [7, 11) is -1.73. The fraction of sp³-hybridized carbons (Fsp3) is 1.00. The molecular formula is C20H40O2Si. The molecule has 0 heterocycles. The van der Waals surface area contributed by atoms with Gasteiger partial charge in [0.2, 0.25) is 0 Å². The van der Waals surface area contributed by atoms with Crippen molar-refractivity contribution in [2.45, 2.75) is 109 Å². The zero-order valence-corrected chi connectivity index (χ0v) is 17.4. The van der Waals surface area contributed by atoms with Crippen LogP contribution in [0, 0.1) is 11.8 Å². The highest BCUT2D eigenvalue weighted by atomic mass is 28.4. The first-order valence-corrected chi connectivity index (χ1v) is 12.3. The maximum Gasteiger partial charge on any atom is 0.200 e. The molecule has 0 bridgehead atoms. The molecule has 0 unspecified atom stereocenters. The largest absolute Gasteiger partial charge is 0.416 e. The SMILES string of the molecule is CC(C)[Si](OCC[C@H]1C[C@@]1(O)C1CCCCC1)(C(C)C)C(C)C. The summed E-state index contributed by atoms with van der Waals surface area (Å²) in [6, 6.07) is 0. The zero-order valence-electron chi connectivity index (χ0n) is 16.4. The van der Waals surface area contributed by atoms with E-state index in [-0.39, 0.29) is 5.60 Å². The summed E-state index contributed by atoms with van der Waals surface area (Å²) >= 11 is 0. The van der Waals surface area contributed by atoms with Crippen molar-refractivity contribution in [3.63, 3.8) is 0 Å². The second-order valence-electron chi connectivity index (χ2n) is 9.18. The molecule has 2 fully saturated rings. The molecule has 0 aromatic rings. The van der Waals surface area contributed by atoms with E-state index in [1.165, 1.54) is 32.1 Å². The van der Waals surface area contributed by atoms with Gasteiger partial charge in [-0.1, -0.05) is 60.8 Å². The number of hydrogen-bond acceptors (Lipinski definition) is 2. The summed E-state index contributed by atoms with van der Waals surface area (Å²) in [6.07, 6.45) is 8.59. The van der Waals surface area contributed by atoms with Gasteiger partial charge in [0, 0.05) is 6.61 Å². The van der Waals surface area contributed by atoms with Gasteiger partial charge < -0.3 is 9.53 Å². The summed E-state index contributed by atoms with van der Waals surface area (Å²) in [4.78, 5) is 0. The summed E-state index contributed by atoms with van der Waals surface area (Å²) in [5, 5.41) is 10.9. The number of aliphatic hydroxyl groups is 1. The molecule has 2 aliphatic carbocycles. The van der Waals surface area contributed by atoms with E-state index >= 15 is 0 Å². The third-order valence-corrected chi connectivity index (χ3v) is 13.1. The molecule has 0 aliphatic heterocycles. The van der Waals surface area contributed by atoms with Crippen LogP contribution in [0.25, 0.3) is 0 Å². The van der Waals surface area contributed by atoms with Crippen LogP contribution in [-0.2, 0) is 4.43 Å². The van der Waals surface area contributed by atoms with Crippen LogP contribution in [0.2, 0.25) is 16.6 Å². The number of hydrogen-bond donors (Lipinski definition) is 1. The molecule has 2 atom stereocenters. The fourth-order valence-corrected chi connectivity index (χ4v) is 11.1. The maximum absolute atomic E-state index is 10.9. The van der Waals surface area contributed by atoms with Crippen LogP contribution < -0.4 is 0 Å². The van der Waals surface area contributed by atoms with Gasteiger partial charge in [0.1, 0.15) is 0 Å². The van der Waals surface area contributed by atoms with E-state index in [0.29, 0.717) is 28.5 Å². The summed E-state index contributed by atoms with van der Waals surface area (Å²) in [5.41, 5.74) is 1.62. The molecule has 3 heteroatoms. The molecule has 2 rings (SSSR count). The third-order valence-electron chi connectivity index (χ3n) is 6.96. The molecule has 0 aromatic carbocycles. The average Bonchev–Trinajstić information content (AvgIpc) is 3.15. The van der Waals surface area contributed by atoms with Crippen LogP contribution in [0.1, 0.15) is 86.5 Å². The Balaban J connectivity index is 1.86. The molecule has 136 valence electrons. The molecule has 2 saturated carbocycles. The maximum atomic E-state index is 10.9. The van der Waals surface area contributed by atoms with Crippen molar-refractivity contribution >= 4 is 8.32 Å². The minimum atomic E-state index is -1.73. The molecule has 0 amide bonds. The van der Waals surface area contributed by atoms with Gasteiger partial charge in [-0.25, -0.2) is 0 Å². The van der Waals surface area contributed by atoms with E-state index in [0.717, 1.165) is 19.4 Å². The highest BCUT2D eigenvalue weighted by Gasteiger charge is 2.57. The van der Waals surface area contributed by atoms with Crippen LogP contribution in [0.4, 0.5) is 0 Å². The van der Waals surface area contributed by atoms with Gasteiger partial charge in [-0.2, -0.15) is 0 Å². The Morgan fingerprint density at radius 3 is 1.96 bits per heavy atom. The molecule has 0 spiro atoms. The quantitative estimate of drug-likeness (QED) is 0.557. The lowest BCUT2D eigenvalue weighted by Gasteiger charge is -2.42. The lowest BCUT2D eigenvalue weighted by atomic mass is 9.82. The third kappa shape index (κ3) is 3.87. The normalized spacial score (nSPS) is 29.7. The summed E-state index contributed by atoms with van der Waals surface area (Å²) in [6.45, 7) is 15.0. The smallest absolute Gasteiger partial charge is 0.200 e. The van der Waals surface area contributed by atoms with Crippen LogP contribution in [0.15, 0.2) is 0 Å². The van der Waals surface area contributed by atoms with E-state index in [9.17, 15) is 5.11 Å². The minimum absolute atomic E-state index is 0.332. The van der Waals surface area contributed by atoms with Crippen LogP contribution in [0.3, 0.4) is 0 Å². The first-order chi connectivity index (χ1) is 10.7. The second kappa shape index (κ2) is 7.57. The Bertz CT molecular complexity index is 352. The van der Waals surface area contributed by atoms with Crippen molar-refractivity contribution in [2.24, 2.45) is 11.8 Å². The van der Waals surface area contributed by atoms with E-state index in [1.54, 1.807) is 0 Å². The minimum Gasteiger partial charge on any atom is -0.416 e. The summed E-state index contributed by atoms with van der Waals surface area (Å²) in [5.74, 6) is 1.08. The topological polar surface area (TPSA) is 29.5 Å². The molecule has 2 aliphatic rings. The first kappa shape index (κ1) is 19.5. The fourth-order valence-electron chi connectivity index (χ4n) is 5.67. The highest BCUT2D eigenvalue weighted by molar-refractivity contribution is 6.77. The Kier molecular flexibility index (Phi) is 6.41. The number of rotatable bonds is 8. The lowest BCUT2D eigenvalue weighted by Crippen LogP contribution is -2.48. The Morgan fingerprint density at radius 2 is 1.48 bits per heavy atom. The van der Waals surface area contributed by atoms with Crippen LogP contribution in [0.5, 0.6) is 0 Å². The summed E-state index contributed by atoms with van der Waals surface area (Å²) < 4.78 is 6.67. The molecule has 0 saturated heterocycles. The van der Waals surface area contributed by atoms with E-state index in [2.05, 4.69) is 41.5 Å². The standard InChI is InChI=1S/C20H40O2Si/c1-15(2)23(16(3)4,17(5)6)22-13-12-19-14-20(19,21)18-10-8-7-9-11-18/h15-19,21H,7-14H2,1-6H3/t19-,20+/m0/s1. The van der Waals surface area contributed by atoms with Gasteiger partial charge in [0.15, 0.2) is 8.32 Å². The first-order valence-electron chi connectivity index (χ1n) is 10.1. The second-order valence-corrected chi connectivity index (χ2v) is 14.6. The van der Waals surface area contributed by atoms with Gasteiger partial charge in [-0.3, -0.25) is 0 Å². The van der Waals surface area contributed by atoms with E-state index in [1.807, 2.05) is 0 Å². The Hall–Kier alpha value is 0.137. The predicted octanol–water partition coefficient (Wildman–Crippen LogP) is 5.90. The molecule has 23 heavy (non-hydrogen) atoms. The van der Waals surface area contributed by atoms with E-state index in [4.69, 9.17) is 4.43 Å². The van der Waals surface area contributed by atoms with Crippen molar-refractivity contribution in [1.29, 1.82) is 0 Å². The van der Waals surface area contributed by atoms with Crippen LogP contribution >= 0.6 is 0 Å². The Labute approximate surface area is 145 Å². The predicted molar refractivity (Wildman–Crippen MR) is 101 cm³/mol. The highest BCUT2D eigenvalue weighted by Crippen LogP contribution is 2.55. The van der Waals surface area contributed by atoms with E-state index < -0.39 is 8.32 Å².